The molecule has 0 spiro atoms. The first-order valence-corrected chi connectivity index (χ1v) is 8.05. The molecule has 1 aromatic rings. The first-order chi connectivity index (χ1) is 11.6. The Hall–Kier alpha value is -2.09. The van der Waals surface area contributed by atoms with Gasteiger partial charge in [-0.15, -0.1) is 0 Å². The lowest BCUT2D eigenvalue weighted by Gasteiger charge is -2.37. The van der Waals surface area contributed by atoms with Crippen molar-refractivity contribution in [2.24, 2.45) is 0 Å². The van der Waals surface area contributed by atoms with Crippen LogP contribution in [0.5, 0.6) is 0 Å². The smallest absolute Gasteiger partial charge is 0.378 e. The van der Waals surface area contributed by atoms with E-state index in [0.717, 1.165) is 6.07 Å². The largest absolute Gasteiger partial charge is 0.416 e. The molecule has 0 saturated carbocycles. The monoisotopic (exact) mass is 358 g/mol. The molecule has 0 aliphatic carbocycles. The van der Waals surface area contributed by atoms with Crippen LogP contribution in [-0.4, -0.2) is 47.1 Å². The van der Waals surface area contributed by atoms with Crippen molar-refractivity contribution in [1.29, 1.82) is 0 Å². The fraction of sp³-hybridized carbons (Fsp3) is 0.529. The lowest BCUT2D eigenvalue weighted by molar-refractivity contribution is -0.150. The van der Waals surface area contributed by atoms with Crippen LogP contribution in [0.3, 0.4) is 0 Å². The molecule has 0 bridgehead atoms. The number of nitrogens with one attached hydrogen (secondary N) is 1. The molecule has 2 rings (SSSR count). The van der Waals surface area contributed by atoms with Crippen molar-refractivity contribution in [3.8, 4) is 0 Å². The van der Waals surface area contributed by atoms with Crippen LogP contribution in [0.15, 0.2) is 24.3 Å². The summed E-state index contributed by atoms with van der Waals surface area (Å²) in [6.45, 7) is 1.70. The van der Waals surface area contributed by atoms with Gasteiger partial charge in [-0.1, -0.05) is 18.2 Å². The van der Waals surface area contributed by atoms with E-state index < -0.39 is 23.2 Å². The van der Waals surface area contributed by atoms with Gasteiger partial charge in [-0.3, -0.25) is 9.59 Å². The Balaban J connectivity index is 1.96. The van der Waals surface area contributed by atoms with E-state index in [4.69, 9.17) is 0 Å². The molecule has 1 saturated heterocycles. The number of nitrogens with zero attached hydrogens (tertiary/aromatic N) is 1. The zero-order chi connectivity index (χ0) is 18.7. The van der Waals surface area contributed by atoms with Gasteiger partial charge in [0, 0.05) is 20.0 Å². The summed E-state index contributed by atoms with van der Waals surface area (Å²) in [6.07, 6.45) is -3.76. The van der Waals surface area contributed by atoms with Gasteiger partial charge in [0.05, 0.1) is 12.1 Å². The lowest BCUT2D eigenvalue weighted by Crippen LogP contribution is -2.58. The summed E-state index contributed by atoms with van der Waals surface area (Å²) in [5.74, 6) is -0.895. The number of hydrogen-bond donors (Lipinski definition) is 2. The Kier molecular flexibility index (Phi) is 5.72. The molecule has 1 atom stereocenters. The van der Waals surface area contributed by atoms with Crippen LogP contribution in [0.25, 0.3) is 0 Å². The molecule has 0 radical (unpaired) electrons. The number of rotatable bonds is 4. The van der Waals surface area contributed by atoms with Crippen molar-refractivity contribution in [3.63, 3.8) is 0 Å². The second kappa shape index (κ2) is 7.43. The quantitative estimate of drug-likeness (QED) is 0.861. The molecule has 0 aromatic heterocycles. The van der Waals surface area contributed by atoms with Crippen molar-refractivity contribution >= 4 is 11.8 Å². The van der Waals surface area contributed by atoms with Crippen LogP contribution < -0.4 is 5.32 Å². The molecular formula is C17H21F3N2O3. The van der Waals surface area contributed by atoms with E-state index >= 15 is 0 Å². The van der Waals surface area contributed by atoms with Gasteiger partial charge in [0.25, 0.3) is 5.91 Å². The average Bonchev–Trinajstić information content (AvgIpc) is 2.54. The fourth-order valence-corrected chi connectivity index (χ4v) is 2.98. The third-order valence-electron chi connectivity index (χ3n) is 4.34. The molecule has 2 amide bonds. The number of carbonyl (C=O) groups excluding carboxylic acids is 2. The second-order valence-electron chi connectivity index (χ2n) is 6.24. The van der Waals surface area contributed by atoms with E-state index in [1.54, 1.807) is 0 Å². The predicted octanol–water partition coefficient (Wildman–Crippen LogP) is 1.74. The number of likely N-dealkylation sites (tertiary alicyclic amines) is 1. The minimum atomic E-state index is -4.45. The molecule has 5 nitrogen and oxygen atoms in total. The Morgan fingerprint density at radius 2 is 2.00 bits per heavy atom. The number of carbonyl (C=O) groups is 2. The van der Waals surface area contributed by atoms with Gasteiger partial charge < -0.3 is 15.3 Å². The minimum absolute atomic E-state index is 0.00603. The topological polar surface area (TPSA) is 69.6 Å². The van der Waals surface area contributed by atoms with E-state index in [1.807, 2.05) is 0 Å². The first kappa shape index (κ1) is 19.2. The number of aliphatic hydroxyl groups is 1. The van der Waals surface area contributed by atoms with Gasteiger partial charge in [0.2, 0.25) is 5.91 Å². The molecule has 8 heteroatoms. The summed E-state index contributed by atoms with van der Waals surface area (Å²) in [5.41, 5.74) is -2.35. The van der Waals surface area contributed by atoms with Crippen LogP contribution in [0.1, 0.15) is 30.9 Å². The number of amides is 2. The third-order valence-corrected chi connectivity index (χ3v) is 4.34. The van der Waals surface area contributed by atoms with Crippen molar-refractivity contribution in [3.05, 3.63) is 35.4 Å². The van der Waals surface area contributed by atoms with Crippen molar-refractivity contribution in [2.45, 2.75) is 38.0 Å². The summed E-state index contributed by atoms with van der Waals surface area (Å²) >= 11 is 0. The lowest BCUT2D eigenvalue weighted by atomic mass is 9.91. The molecule has 25 heavy (non-hydrogen) atoms. The minimum Gasteiger partial charge on any atom is -0.378 e. The molecule has 1 aromatic carbocycles. The normalized spacial score (nSPS) is 21.1. The van der Waals surface area contributed by atoms with Crippen LogP contribution >= 0.6 is 0 Å². The number of hydrogen-bond acceptors (Lipinski definition) is 3. The second-order valence-corrected chi connectivity index (χ2v) is 6.24. The zero-order valence-electron chi connectivity index (χ0n) is 13.9. The zero-order valence-corrected chi connectivity index (χ0v) is 13.9. The maximum absolute atomic E-state index is 12.9. The first-order valence-electron chi connectivity index (χ1n) is 8.05. The van der Waals surface area contributed by atoms with E-state index in [1.165, 1.54) is 30.0 Å². The summed E-state index contributed by atoms with van der Waals surface area (Å²) in [6, 6.07) is 5.18. The predicted molar refractivity (Wildman–Crippen MR) is 84.6 cm³/mol. The summed E-state index contributed by atoms with van der Waals surface area (Å²) < 4.78 is 38.8. The standard InChI is InChI=1S/C17H21F3N2O3/c1-12(23)22-10-4-8-16(25,11-22)15(24)21-9-7-13-5-2-3-6-14(13)17(18,19)20/h2-3,5-6,25H,4,7-11H2,1H3,(H,21,24). The Morgan fingerprint density at radius 3 is 2.64 bits per heavy atom. The van der Waals surface area contributed by atoms with Crippen LogP contribution in [-0.2, 0) is 22.2 Å². The van der Waals surface area contributed by atoms with Gasteiger partial charge in [-0.2, -0.15) is 13.2 Å². The van der Waals surface area contributed by atoms with Crippen LogP contribution in [0.4, 0.5) is 13.2 Å². The van der Waals surface area contributed by atoms with E-state index in [-0.39, 0.29) is 37.4 Å². The SMILES string of the molecule is CC(=O)N1CCCC(O)(C(=O)NCCc2ccccc2C(F)(F)F)C1. The maximum Gasteiger partial charge on any atom is 0.416 e. The maximum atomic E-state index is 12.9. The molecule has 138 valence electrons. The van der Waals surface area contributed by atoms with Crippen molar-refractivity contribution in [1.82, 2.24) is 10.2 Å². The third kappa shape index (κ3) is 4.72. The molecule has 1 unspecified atom stereocenters. The highest BCUT2D eigenvalue weighted by atomic mass is 19.4. The highest BCUT2D eigenvalue weighted by molar-refractivity contribution is 5.86. The summed E-state index contributed by atoms with van der Waals surface area (Å²) in [4.78, 5) is 25.0. The van der Waals surface area contributed by atoms with E-state index in [2.05, 4.69) is 5.32 Å². The number of benzene rings is 1. The van der Waals surface area contributed by atoms with Gasteiger partial charge in [0.1, 0.15) is 0 Å². The van der Waals surface area contributed by atoms with Crippen LogP contribution in [0, 0.1) is 0 Å². The number of halogens is 3. The van der Waals surface area contributed by atoms with Crippen molar-refractivity contribution in [2.75, 3.05) is 19.6 Å². The molecule has 1 aliphatic rings. The number of alkyl halides is 3. The molecule has 2 N–H and O–H groups in total. The number of piperidine rings is 1. The Morgan fingerprint density at radius 1 is 1.32 bits per heavy atom. The highest BCUT2D eigenvalue weighted by Crippen LogP contribution is 2.32. The average molecular weight is 358 g/mol. The Labute approximate surface area is 143 Å². The van der Waals surface area contributed by atoms with Gasteiger partial charge >= 0.3 is 6.18 Å². The Bertz CT molecular complexity index is 648. The summed E-state index contributed by atoms with van der Waals surface area (Å²) in [7, 11) is 0. The molecular weight excluding hydrogens is 337 g/mol. The van der Waals surface area contributed by atoms with E-state index in [9.17, 15) is 27.9 Å². The van der Waals surface area contributed by atoms with Gasteiger partial charge in [-0.25, -0.2) is 0 Å². The molecule has 1 heterocycles. The molecule has 1 aliphatic heterocycles. The van der Waals surface area contributed by atoms with E-state index in [0.29, 0.717) is 13.0 Å². The van der Waals surface area contributed by atoms with Crippen molar-refractivity contribution < 1.29 is 27.9 Å². The summed E-state index contributed by atoms with van der Waals surface area (Å²) in [5, 5.41) is 12.9. The van der Waals surface area contributed by atoms with Gasteiger partial charge in [-0.05, 0) is 30.9 Å². The molecule has 1 fully saturated rings. The fourth-order valence-electron chi connectivity index (χ4n) is 2.98. The highest BCUT2D eigenvalue weighted by Gasteiger charge is 2.41. The number of β-amino-alcohol motifs (C(OH)–C–C–N with tert-alkyl or cyclic N) is 1. The van der Waals surface area contributed by atoms with Crippen LogP contribution in [0.2, 0.25) is 0 Å². The van der Waals surface area contributed by atoms with Gasteiger partial charge in [0.15, 0.2) is 5.60 Å².